The highest BCUT2D eigenvalue weighted by Gasteiger charge is 2.41. The molecule has 1 N–H and O–H groups in total. The van der Waals surface area contributed by atoms with Crippen LogP contribution >= 0.6 is 0 Å². The van der Waals surface area contributed by atoms with Gasteiger partial charge in [0.25, 0.3) is 0 Å². The van der Waals surface area contributed by atoms with Crippen molar-refractivity contribution in [3.8, 4) is 29.0 Å². The summed E-state index contributed by atoms with van der Waals surface area (Å²) in [6.07, 6.45) is 1.20. The van der Waals surface area contributed by atoms with Crippen LogP contribution in [0.1, 0.15) is 43.9 Å². The Hall–Kier alpha value is -4.12. The summed E-state index contributed by atoms with van der Waals surface area (Å²) >= 11 is 0. The van der Waals surface area contributed by atoms with Gasteiger partial charge in [-0.25, -0.2) is 4.68 Å². The van der Waals surface area contributed by atoms with Crippen LogP contribution in [0.3, 0.4) is 0 Å². The number of hydrogen-bond donors (Lipinski definition) is 1. The summed E-state index contributed by atoms with van der Waals surface area (Å²) in [5, 5.41) is 17.4. The van der Waals surface area contributed by atoms with Crippen molar-refractivity contribution in [2.45, 2.75) is 32.7 Å². The molecule has 2 heterocycles. The molecule has 2 aliphatic rings. The molecule has 0 amide bonds. The third-order valence-corrected chi connectivity index (χ3v) is 6.33. The van der Waals surface area contributed by atoms with E-state index >= 15 is 0 Å². The SMILES string of the molecule is COc1ccc(-c2nc3n(n2)C(c2ccc(C#N)cc2)C2=C(CC(C)(C)CC2=O)N3)cc1OC. The molecule has 34 heavy (non-hydrogen) atoms. The first kappa shape index (κ1) is 21.7. The Kier molecular flexibility index (Phi) is 5.13. The molecule has 1 aliphatic carbocycles. The molecule has 0 spiro atoms. The van der Waals surface area contributed by atoms with Gasteiger partial charge in [0.15, 0.2) is 23.1 Å². The van der Waals surface area contributed by atoms with Crippen LogP contribution in [0.4, 0.5) is 5.95 Å². The van der Waals surface area contributed by atoms with E-state index < -0.39 is 6.04 Å². The van der Waals surface area contributed by atoms with Crippen molar-refractivity contribution in [1.82, 2.24) is 14.8 Å². The maximum atomic E-state index is 13.3. The van der Waals surface area contributed by atoms with E-state index in [1.165, 1.54) is 0 Å². The lowest BCUT2D eigenvalue weighted by Crippen LogP contribution is -2.36. The summed E-state index contributed by atoms with van der Waals surface area (Å²) in [7, 11) is 3.17. The zero-order chi connectivity index (χ0) is 24.0. The molecule has 1 atom stereocenters. The molecule has 8 nitrogen and oxygen atoms in total. The molecule has 0 saturated heterocycles. The molecule has 0 saturated carbocycles. The van der Waals surface area contributed by atoms with E-state index in [-0.39, 0.29) is 11.2 Å². The number of methoxy groups -OCH3 is 2. The number of carbonyl (C=O) groups is 1. The Labute approximate surface area is 197 Å². The van der Waals surface area contributed by atoms with Crippen molar-refractivity contribution in [2.24, 2.45) is 5.41 Å². The molecule has 1 aliphatic heterocycles. The van der Waals surface area contributed by atoms with Crippen molar-refractivity contribution < 1.29 is 14.3 Å². The van der Waals surface area contributed by atoms with E-state index in [0.29, 0.717) is 40.8 Å². The van der Waals surface area contributed by atoms with Gasteiger partial charge in [-0.15, -0.1) is 5.10 Å². The quantitative estimate of drug-likeness (QED) is 0.618. The number of nitrogens with zero attached hydrogens (tertiary/aromatic N) is 4. The van der Waals surface area contributed by atoms with E-state index in [9.17, 15) is 10.1 Å². The first-order chi connectivity index (χ1) is 16.3. The third-order valence-electron chi connectivity index (χ3n) is 6.33. The standard InChI is InChI=1S/C26H25N5O3/c1-26(2)12-18-22(19(32)13-26)23(16-7-5-15(14-27)6-8-16)31-25(28-18)29-24(30-31)17-9-10-20(33-3)21(11-17)34-4/h5-11,23H,12-13H2,1-4H3,(H,28,29,30). The summed E-state index contributed by atoms with van der Waals surface area (Å²) in [5.41, 5.74) is 3.66. The van der Waals surface area contributed by atoms with Crippen molar-refractivity contribution >= 4 is 11.7 Å². The number of allylic oxidation sites excluding steroid dienone is 2. The number of carbonyl (C=O) groups excluding carboxylic acids is 1. The lowest BCUT2D eigenvalue weighted by molar-refractivity contribution is -0.118. The molecule has 0 radical (unpaired) electrons. The Balaban J connectivity index is 1.65. The maximum Gasteiger partial charge on any atom is 0.226 e. The van der Waals surface area contributed by atoms with Gasteiger partial charge in [0.1, 0.15) is 6.04 Å². The molecular formula is C26H25N5O3. The summed E-state index contributed by atoms with van der Waals surface area (Å²) < 4.78 is 12.6. The molecule has 0 bridgehead atoms. The van der Waals surface area contributed by atoms with Crippen LogP contribution < -0.4 is 14.8 Å². The zero-order valence-corrected chi connectivity index (χ0v) is 19.5. The first-order valence-corrected chi connectivity index (χ1v) is 11.1. The number of hydrogen-bond acceptors (Lipinski definition) is 7. The number of Topliss-reactive ketones (excluding diaryl/α,β-unsaturated/α-hetero) is 1. The third kappa shape index (κ3) is 3.59. The van der Waals surface area contributed by atoms with Crippen molar-refractivity contribution in [2.75, 3.05) is 19.5 Å². The van der Waals surface area contributed by atoms with Crippen LogP contribution in [0.25, 0.3) is 11.4 Å². The number of benzene rings is 2. The van der Waals surface area contributed by atoms with Gasteiger partial charge in [0.2, 0.25) is 5.95 Å². The Bertz CT molecular complexity index is 1360. The molecule has 1 aromatic heterocycles. The molecule has 172 valence electrons. The van der Waals surface area contributed by atoms with E-state index in [1.54, 1.807) is 31.0 Å². The minimum absolute atomic E-state index is 0.0990. The Morgan fingerprint density at radius 2 is 1.82 bits per heavy atom. The van der Waals surface area contributed by atoms with Crippen LogP contribution in [0.15, 0.2) is 53.7 Å². The summed E-state index contributed by atoms with van der Waals surface area (Å²) in [5.74, 6) is 2.38. The van der Waals surface area contributed by atoms with Crippen LogP contribution in [0, 0.1) is 16.7 Å². The second kappa shape index (κ2) is 8.03. The molecular weight excluding hydrogens is 430 g/mol. The second-order valence-corrected chi connectivity index (χ2v) is 9.37. The normalized spacial score (nSPS) is 18.4. The van der Waals surface area contributed by atoms with E-state index in [2.05, 4.69) is 25.2 Å². The zero-order valence-electron chi connectivity index (χ0n) is 19.5. The van der Waals surface area contributed by atoms with Crippen molar-refractivity contribution in [3.05, 3.63) is 64.9 Å². The number of ketones is 1. The van der Waals surface area contributed by atoms with Gasteiger partial charge in [-0.2, -0.15) is 10.2 Å². The van der Waals surface area contributed by atoms with Gasteiger partial charge in [0, 0.05) is 23.3 Å². The minimum Gasteiger partial charge on any atom is -0.493 e. The van der Waals surface area contributed by atoms with Gasteiger partial charge in [0.05, 0.1) is 25.9 Å². The van der Waals surface area contributed by atoms with Crippen LogP contribution in [-0.2, 0) is 4.79 Å². The number of ether oxygens (including phenoxy) is 2. The number of nitriles is 1. The largest absolute Gasteiger partial charge is 0.493 e. The van der Waals surface area contributed by atoms with Crippen molar-refractivity contribution in [3.63, 3.8) is 0 Å². The minimum atomic E-state index is -0.427. The highest BCUT2D eigenvalue weighted by Crippen LogP contribution is 2.46. The molecule has 1 unspecified atom stereocenters. The smallest absolute Gasteiger partial charge is 0.226 e. The van der Waals surface area contributed by atoms with Gasteiger partial charge in [-0.1, -0.05) is 26.0 Å². The number of aromatic nitrogens is 3. The van der Waals surface area contributed by atoms with Crippen LogP contribution in [0.5, 0.6) is 11.5 Å². The molecule has 5 rings (SSSR count). The maximum absolute atomic E-state index is 13.3. The number of nitrogens with one attached hydrogen (secondary N) is 1. The predicted molar refractivity (Wildman–Crippen MR) is 127 cm³/mol. The number of anilines is 1. The van der Waals surface area contributed by atoms with Crippen LogP contribution in [0.2, 0.25) is 0 Å². The lowest BCUT2D eigenvalue weighted by atomic mass is 9.73. The first-order valence-electron chi connectivity index (χ1n) is 11.1. The summed E-state index contributed by atoms with van der Waals surface area (Å²) in [4.78, 5) is 18.1. The summed E-state index contributed by atoms with van der Waals surface area (Å²) in [6.45, 7) is 4.20. The lowest BCUT2D eigenvalue weighted by Gasteiger charge is -2.38. The van der Waals surface area contributed by atoms with Gasteiger partial charge in [-0.3, -0.25) is 4.79 Å². The Morgan fingerprint density at radius 1 is 1.09 bits per heavy atom. The fourth-order valence-corrected chi connectivity index (χ4v) is 4.75. The topological polar surface area (TPSA) is 102 Å². The number of fused-ring (bicyclic) bond motifs is 1. The fraction of sp³-hybridized carbons (Fsp3) is 0.308. The molecule has 0 fully saturated rings. The average molecular weight is 456 g/mol. The van der Waals surface area contributed by atoms with Gasteiger partial charge < -0.3 is 14.8 Å². The Morgan fingerprint density at radius 3 is 2.50 bits per heavy atom. The fourth-order valence-electron chi connectivity index (χ4n) is 4.75. The van der Waals surface area contributed by atoms with Crippen LogP contribution in [-0.4, -0.2) is 34.8 Å². The van der Waals surface area contributed by atoms with E-state index in [4.69, 9.17) is 19.6 Å². The molecule has 2 aromatic carbocycles. The average Bonchev–Trinajstić information content (AvgIpc) is 3.25. The highest BCUT2D eigenvalue weighted by atomic mass is 16.5. The van der Waals surface area contributed by atoms with Gasteiger partial charge in [-0.05, 0) is 47.7 Å². The van der Waals surface area contributed by atoms with E-state index in [0.717, 1.165) is 23.2 Å². The highest BCUT2D eigenvalue weighted by molar-refractivity contribution is 6.00. The number of rotatable bonds is 4. The summed E-state index contributed by atoms with van der Waals surface area (Å²) in [6, 6.07) is 14.5. The van der Waals surface area contributed by atoms with Gasteiger partial charge >= 0.3 is 0 Å². The van der Waals surface area contributed by atoms with Crippen molar-refractivity contribution in [1.29, 1.82) is 5.26 Å². The molecule has 8 heteroatoms. The molecule has 3 aromatic rings. The predicted octanol–water partition coefficient (Wildman–Crippen LogP) is 4.49. The second-order valence-electron chi connectivity index (χ2n) is 9.37. The van der Waals surface area contributed by atoms with E-state index in [1.807, 2.05) is 30.3 Å². The monoisotopic (exact) mass is 455 g/mol.